The van der Waals surface area contributed by atoms with Gasteiger partial charge in [0.25, 0.3) is 5.91 Å². The van der Waals surface area contributed by atoms with Gasteiger partial charge in [0.1, 0.15) is 5.69 Å². The molecule has 0 fully saturated rings. The third-order valence-electron chi connectivity index (χ3n) is 2.75. The quantitative estimate of drug-likeness (QED) is 0.781. The number of halogens is 1. The number of rotatable bonds is 3. The Morgan fingerprint density at radius 1 is 1.19 bits per heavy atom. The Balaban J connectivity index is 1.80. The number of benzene rings is 1. The fourth-order valence-electron chi connectivity index (χ4n) is 1.77. The average molecular weight is 348 g/mol. The summed E-state index contributed by atoms with van der Waals surface area (Å²) in [6.07, 6.45) is 0. The van der Waals surface area contributed by atoms with E-state index < -0.39 is 5.91 Å². The Morgan fingerprint density at radius 3 is 2.71 bits per heavy atom. The van der Waals surface area contributed by atoms with Crippen molar-refractivity contribution in [1.82, 2.24) is 10.3 Å². The van der Waals surface area contributed by atoms with Crippen LogP contribution in [0.2, 0.25) is 0 Å². The van der Waals surface area contributed by atoms with E-state index in [2.05, 4.69) is 31.6 Å². The lowest BCUT2D eigenvalue weighted by molar-refractivity contribution is 0.0984. The van der Waals surface area contributed by atoms with Crippen LogP contribution in [-0.2, 0) is 0 Å². The highest BCUT2D eigenvalue weighted by Crippen LogP contribution is 2.28. The fourth-order valence-corrected chi connectivity index (χ4v) is 2.26. The molecule has 1 N–H and O–H groups in total. The molecular weight excluding hydrogens is 338 g/mol. The minimum atomic E-state index is -0.439. The van der Waals surface area contributed by atoms with E-state index in [4.69, 9.17) is 9.05 Å². The van der Waals surface area contributed by atoms with E-state index in [-0.39, 0.29) is 11.6 Å². The van der Waals surface area contributed by atoms with Crippen LogP contribution in [0, 0.1) is 6.92 Å². The van der Waals surface area contributed by atoms with Crippen molar-refractivity contribution in [2.24, 2.45) is 0 Å². The summed E-state index contributed by atoms with van der Waals surface area (Å²) in [5.74, 6) is -0.0865. The van der Waals surface area contributed by atoms with Crippen molar-refractivity contribution < 1.29 is 13.8 Å². The summed E-state index contributed by atoms with van der Waals surface area (Å²) < 4.78 is 10.9. The SMILES string of the molecule is Cc1cc(C(=O)Nc2cc(-c3ccccc3Br)no2)on1. The van der Waals surface area contributed by atoms with E-state index in [1.807, 2.05) is 24.3 Å². The van der Waals surface area contributed by atoms with Crippen molar-refractivity contribution in [3.05, 3.63) is 52.3 Å². The summed E-state index contributed by atoms with van der Waals surface area (Å²) in [4.78, 5) is 11.9. The van der Waals surface area contributed by atoms with Gasteiger partial charge in [-0.25, -0.2) is 0 Å². The van der Waals surface area contributed by atoms with Crippen LogP contribution >= 0.6 is 15.9 Å². The second kappa shape index (κ2) is 5.53. The summed E-state index contributed by atoms with van der Waals surface area (Å²) in [6.45, 7) is 1.74. The number of aryl methyl sites for hydroxylation is 1. The molecule has 7 heteroatoms. The number of carbonyl (C=O) groups excluding carboxylic acids is 1. The van der Waals surface area contributed by atoms with Crippen molar-refractivity contribution in [2.75, 3.05) is 5.32 Å². The zero-order valence-corrected chi connectivity index (χ0v) is 12.5. The van der Waals surface area contributed by atoms with Crippen LogP contribution in [0.3, 0.4) is 0 Å². The molecule has 0 saturated carbocycles. The monoisotopic (exact) mass is 347 g/mol. The van der Waals surface area contributed by atoms with Gasteiger partial charge in [-0.1, -0.05) is 44.4 Å². The van der Waals surface area contributed by atoms with Gasteiger partial charge < -0.3 is 9.05 Å². The first-order chi connectivity index (χ1) is 10.1. The Kier molecular flexibility index (Phi) is 3.57. The largest absolute Gasteiger partial charge is 0.351 e. The fraction of sp³-hybridized carbons (Fsp3) is 0.0714. The van der Waals surface area contributed by atoms with Crippen LogP contribution < -0.4 is 5.32 Å². The molecule has 0 aliphatic heterocycles. The van der Waals surface area contributed by atoms with Gasteiger partial charge in [0.2, 0.25) is 11.6 Å². The van der Waals surface area contributed by atoms with E-state index in [9.17, 15) is 4.79 Å². The average Bonchev–Trinajstić information content (AvgIpc) is 3.08. The first-order valence-corrected chi connectivity index (χ1v) is 6.89. The van der Waals surface area contributed by atoms with Crippen LogP contribution in [-0.4, -0.2) is 16.2 Å². The molecule has 2 heterocycles. The van der Waals surface area contributed by atoms with Crippen molar-refractivity contribution >= 4 is 27.7 Å². The lowest BCUT2D eigenvalue weighted by Gasteiger charge is -1.97. The van der Waals surface area contributed by atoms with Gasteiger partial charge in [-0.3, -0.25) is 10.1 Å². The molecule has 1 amide bonds. The minimum Gasteiger partial charge on any atom is -0.351 e. The number of carbonyl (C=O) groups is 1. The van der Waals surface area contributed by atoms with Crippen molar-refractivity contribution in [3.63, 3.8) is 0 Å². The van der Waals surface area contributed by atoms with E-state index in [1.165, 1.54) is 0 Å². The van der Waals surface area contributed by atoms with Gasteiger partial charge in [-0.15, -0.1) is 0 Å². The maximum Gasteiger partial charge on any atom is 0.296 e. The molecule has 0 aliphatic carbocycles. The summed E-state index contributed by atoms with van der Waals surface area (Å²) in [5, 5.41) is 10.2. The number of amides is 1. The maximum absolute atomic E-state index is 11.9. The second-order valence-electron chi connectivity index (χ2n) is 4.34. The molecule has 6 nitrogen and oxygen atoms in total. The smallest absolute Gasteiger partial charge is 0.296 e. The molecule has 0 bridgehead atoms. The maximum atomic E-state index is 11.9. The molecule has 1 aromatic carbocycles. The number of hydrogen-bond acceptors (Lipinski definition) is 5. The molecule has 106 valence electrons. The summed E-state index contributed by atoms with van der Waals surface area (Å²) in [6, 6.07) is 10.8. The third kappa shape index (κ3) is 2.87. The normalized spacial score (nSPS) is 10.6. The van der Waals surface area contributed by atoms with Crippen LogP contribution in [0.15, 0.2) is 49.9 Å². The topological polar surface area (TPSA) is 81.2 Å². The zero-order valence-electron chi connectivity index (χ0n) is 11.0. The molecular formula is C14H10BrN3O3. The summed E-state index contributed by atoms with van der Waals surface area (Å²) in [7, 11) is 0. The first-order valence-electron chi connectivity index (χ1n) is 6.10. The van der Waals surface area contributed by atoms with Crippen molar-refractivity contribution in [2.45, 2.75) is 6.92 Å². The summed E-state index contributed by atoms with van der Waals surface area (Å²) in [5.41, 5.74) is 2.12. The molecule has 2 aromatic heterocycles. The van der Waals surface area contributed by atoms with Crippen LogP contribution in [0.4, 0.5) is 5.88 Å². The minimum absolute atomic E-state index is 0.117. The third-order valence-corrected chi connectivity index (χ3v) is 3.44. The number of anilines is 1. The number of hydrogen-bond donors (Lipinski definition) is 1. The first kappa shape index (κ1) is 13.6. The molecule has 21 heavy (non-hydrogen) atoms. The Bertz CT molecular complexity index is 794. The molecule has 0 aliphatic rings. The van der Waals surface area contributed by atoms with Gasteiger partial charge >= 0.3 is 0 Å². The molecule has 3 rings (SSSR count). The standard InChI is InChI=1S/C14H10BrN3O3/c1-8-6-12(20-17-8)14(19)16-13-7-11(18-21-13)9-4-2-3-5-10(9)15/h2-7H,1H3,(H,16,19). The number of nitrogens with one attached hydrogen (secondary N) is 1. The summed E-state index contributed by atoms with van der Waals surface area (Å²) >= 11 is 3.44. The Hall–Kier alpha value is -2.41. The predicted molar refractivity (Wildman–Crippen MR) is 78.8 cm³/mol. The predicted octanol–water partition coefficient (Wildman–Crippen LogP) is 3.65. The lowest BCUT2D eigenvalue weighted by atomic mass is 10.1. The van der Waals surface area contributed by atoms with E-state index in [1.54, 1.807) is 19.1 Å². The van der Waals surface area contributed by atoms with Gasteiger partial charge in [0.15, 0.2) is 0 Å². The molecule has 3 aromatic rings. The highest BCUT2D eigenvalue weighted by molar-refractivity contribution is 9.10. The Morgan fingerprint density at radius 2 is 2.00 bits per heavy atom. The number of aromatic nitrogens is 2. The van der Waals surface area contributed by atoms with E-state index in [0.29, 0.717) is 11.4 Å². The van der Waals surface area contributed by atoms with Gasteiger partial charge in [-0.05, 0) is 13.0 Å². The van der Waals surface area contributed by atoms with E-state index >= 15 is 0 Å². The van der Waals surface area contributed by atoms with Crippen molar-refractivity contribution in [3.8, 4) is 11.3 Å². The molecule has 0 radical (unpaired) electrons. The highest BCUT2D eigenvalue weighted by atomic mass is 79.9. The number of nitrogens with zero attached hydrogens (tertiary/aromatic N) is 2. The van der Waals surface area contributed by atoms with Crippen LogP contribution in [0.1, 0.15) is 16.2 Å². The lowest BCUT2D eigenvalue weighted by Crippen LogP contribution is -2.10. The zero-order chi connectivity index (χ0) is 14.8. The molecule has 0 spiro atoms. The second-order valence-corrected chi connectivity index (χ2v) is 5.20. The Labute approximate surface area is 128 Å². The highest BCUT2D eigenvalue weighted by Gasteiger charge is 2.15. The molecule has 0 unspecified atom stereocenters. The van der Waals surface area contributed by atoms with Gasteiger partial charge in [0.05, 0.1) is 5.69 Å². The van der Waals surface area contributed by atoms with E-state index in [0.717, 1.165) is 10.0 Å². The van der Waals surface area contributed by atoms with Gasteiger partial charge in [0, 0.05) is 22.2 Å². The van der Waals surface area contributed by atoms with Crippen LogP contribution in [0.5, 0.6) is 0 Å². The molecule has 0 atom stereocenters. The van der Waals surface area contributed by atoms with Crippen molar-refractivity contribution in [1.29, 1.82) is 0 Å². The molecule has 0 saturated heterocycles. The van der Waals surface area contributed by atoms with Gasteiger partial charge in [-0.2, -0.15) is 0 Å². The van der Waals surface area contributed by atoms with Crippen LogP contribution in [0.25, 0.3) is 11.3 Å².